The van der Waals surface area contributed by atoms with E-state index < -0.39 is 30.3 Å². The number of fused-ring (bicyclic) bond motifs is 1. The van der Waals surface area contributed by atoms with Crippen LogP contribution in [0.1, 0.15) is 39.5 Å². The molecule has 9 heteroatoms. The van der Waals surface area contributed by atoms with E-state index in [1.165, 1.54) is 5.57 Å². The van der Waals surface area contributed by atoms with Crippen LogP contribution in [-0.2, 0) is 20.8 Å². The van der Waals surface area contributed by atoms with E-state index in [0.29, 0.717) is 18.7 Å². The third-order valence-electron chi connectivity index (χ3n) is 4.59. The van der Waals surface area contributed by atoms with Crippen LogP contribution in [0.3, 0.4) is 0 Å². The molecule has 27 heavy (non-hydrogen) atoms. The lowest BCUT2D eigenvalue weighted by Crippen LogP contribution is -2.31. The summed E-state index contributed by atoms with van der Waals surface area (Å²) in [7, 11) is 0. The van der Waals surface area contributed by atoms with Crippen molar-refractivity contribution in [3.05, 3.63) is 38.5 Å². The van der Waals surface area contributed by atoms with Crippen LogP contribution in [-0.4, -0.2) is 51.9 Å². The summed E-state index contributed by atoms with van der Waals surface area (Å²) < 4.78 is 19.7. The molecule has 0 spiro atoms. The van der Waals surface area contributed by atoms with Crippen LogP contribution >= 0.6 is 12.2 Å². The van der Waals surface area contributed by atoms with Crippen LogP contribution in [0.2, 0.25) is 0 Å². The zero-order valence-corrected chi connectivity index (χ0v) is 16.8. The van der Waals surface area contributed by atoms with Crippen molar-refractivity contribution in [2.24, 2.45) is 0 Å². The Balaban J connectivity index is 1.85. The fraction of sp³-hybridized carbons (Fsp3) is 0.667. The van der Waals surface area contributed by atoms with Crippen LogP contribution in [0, 0.1) is 4.77 Å². The fourth-order valence-corrected chi connectivity index (χ4v) is 3.60. The van der Waals surface area contributed by atoms with E-state index in [-0.39, 0.29) is 16.9 Å². The van der Waals surface area contributed by atoms with E-state index in [1.807, 2.05) is 33.8 Å². The van der Waals surface area contributed by atoms with Crippen LogP contribution in [0.25, 0.3) is 0 Å². The number of allylic oxidation sites excluding steroid dienone is 1. The second-order valence-corrected chi connectivity index (χ2v) is 7.93. The van der Waals surface area contributed by atoms with Gasteiger partial charge in [0.15, 0.2) is 16.8 Å². The van der Waals surface area contributed by atoms with E-state index in [0.717, 1.165) is 0 Å². The van der Waals surface area contributed by atoms with Gasteiger partial charge in [0.05, 0.1) is 6.61 Å². The van der Waals surface area contributed by atoms with Crippen LogP contribution in [0.15, 0.2) is 22.6 Å². The van der Waals surface area contributed by atoms with Crippen molar-refractivity contribution in [1.82, 2.24) is 14.9 Å². The second kappa shape index (κ2) is 7.94. The lowest BCUT2D eigenvalue weighted by Gasteiger charge is -2.25. The fourth-order valence-electron chi connectivity index (χ4n) is 3.36. The maximum Gasteiger partial charge on any atom is 0.256 e. The molecule has 0 bridgehead atoms. The minimum Gasteiger partial charge on any atom is -0.394 e. The Labute approximate surface area is 163 Å². The predicted octanol–water partition coefficient (Wildman–Crippen LogP) is 1.37. The number of aliphatic hydroxyl groups is 1. The van der Waals surface area contributed by atoms with Gasteiger partial charge in [-0.1, -0.05) is 11.6 Å². The average Bonchev–Trinajstić information content (AvgIpc) is 3.06. The number of aromatic nitrogens is 2. The highest BCUT2D eigenvalue weighted by molar-refractivity contribution is 7.71. The van der Waals surface area contributed by atoms with Gasteiger partial charge in [0.2, 0.25) is 0 Å². The first kappa shape index (κ1) is 20.4. The Morgan fingerprint density at radius 3 is 2.78 bits per heavy atom. The molecule has 1 aromatic heterocycles. The Kier molecular flexibility index (Phi) is 5.99. The molecule has 4 atom stereocenters. The molecule has 150 valence electrons. The van der Waals surface area contributed by atoms with E-state index in [4.69, 9.17) is 26.4 Å². The molecule has 2 aliphatic rings. The number of rotatable bonds is 6. The van der Waals surface area contributed by atoms with Gasteiger partial charge in [-0.3, -0.25) is 14.3 Å². The van der Waals surface area contributed by atoms with Gasteiger partial charge in [-0.25, -0.2) is 0 Å². The smallest absolute Gasteiger partial charge is 0.256 e. The Hall–Kier alpha value is -1.36. The first-order valence-electron chi connectivity index (χ1n) is 9.02. The molecule has 8 nitrogen and oxygen atoms in total. The molecule has 2 aliphatic heterocycles. The van der Waals surface area contributed by atoms with Gasteiger partial charge in [0.25, 0.3) is 5.56 Å². The zero-order chi connectivity index (χ0) is 19.8. The number of H-pyrrole nitrogens is 1. The lowest BCUT2D eigenvalue weighted by atomic mass is 10.1. The average molecular weight is 397 g/mol. The van der Waals surface area contributed by atoms with Crippen molar-refractivity contribution in [3.8, 4) is 0 Å². The van der Waals surface area contributed by atoms with Gasteiger partial charge >= 0.3 is 0 Å². The van der Waals surface area contributed by atoms with E-state index >= 15 is 0 Å². The number of aromatic amines is 1. The maximum atomic E-state index is 12.3. The van der Waals surface area contributed by atoms with E-state index in [9.17, 15) is 9.90 Å². The molecule has 3 rings (SSSR count). The second-order valence-electron chi connectivity index (χ2n) is 7.55. The van der Waals surface area contributed by atoms with Crippen molar-refractivity contribution >= 4 is 12.2 Å². The molecule has 2 fully saturated rings. The van der Waals surface area contributed by atoms with Crippen molar-refractivity contribution in [3.63, 3.8) is 0 Å². The molecular weight excluding hydrogens is 370 g/mol. The van der Waals surface area contributed by atoms with Gasteiger partial charge in [0, 0.05) is 24.8 Å². The van der Waals surface area contributed by atoms with Gasteiger partial charge in [0.1, 0.15) is 18.3 Å². The molecule has 2 saturated heterocycles. The van der Waals surface area contributed by atoms with Gasteiger partial charge in [-0.05, 0) is 39.9 Å². The highest BCUT2D eigenvalue weighted by Crippen LogP contribution is 2.42. The summed E-state index contributed by atoms with van der Waals surface area (Å²) in [6.45, 7) is 8.55. The highest BCUT2D eigenvalue weighted by Gasteiger charge is 2.55. The number of hydrogen-bond donors (Lipinski definition) is 3. The predicted molar refractivity (Wildman–Crippen MR) is 102 cm³/mol. The summed E-state index contributed by atoms with van der Waals surface area (Å²) >= 11 is 5.34. The molecule has 2 unspecified atom stereocenters. The maximum absolute atomic E-state index is 12.3. The lowest BCUT2D eigenvalue weighted by molar-refractivity contribution is -0.200. The summed E-state index contributed by atoms with van der Waals surface area (Å²) in [5.74, 6) is -0.774. The third-order valence-corrected chi connectivity index (χ3v) is 4.90. The van der Waals surface area contributed by atoms with Crippen molar-refractivity contribution in [1.29, 1.82) is 0 Å². The quantitative estimate of drug-likeness (QED) is 0.379. The molecule has 3 heterocycles. The van der Waals surface area contributed by atoms with E-state index in [1.54, 1.807) is 10.8 Å². The topological polar surface area (TPSA) is 97.7 Å². The summed E-state index contributed by atoms with van der Waals surface area (Å²) in [5.41, 5.74) is 1.50. The standard InChI is InChI=1S/C18H27N3O5S/c1-10(2)5-6-19-7-11-8-21(17(27)20-15(11)23)16-14-13(12(9-22)24-16)25-18(3,4)26-14/h5,8,12-14,16,19,22H,6-7,9H2,1-4H3,(H,20,23,27)/t12-,13?,14?,16-/m1/s1. The number of hydrogen-bond acceptors (Lipinski definition) is 7. The molecular formula is C18H27N3O5S. The number of nitrogens with one attached hydrogen (secondary N) is 2. The Morgan fingerprint density at radius 2 is 2.11 bits per heavy atom. The summed E-state index contributed by atoms with van der Waals surface area (Å²) in [5, 5.41) is 12.8. The van der Waals surface area contributed by atoms with Gasteiger partial charge < -0.3 is 24.6 Å². The molecule has 0 amide bonds. The van der Waals surface area contributed by atoms with Crippen LogP contribution < -0.4 is 10.9 Å². The largest absolute Gasteiger partial charge is 0.394 e. The highest BCUT2D eigenvalue weighted by atomic mass is 32.1. The van der Waals surface area contributed by atoms with E-state index in [2.05, 4.69) is 10.3 Å². The molecule has 0 aliphatic carbocycles. The Morgan fingerprint density at radius 1 is 1.41 bits per heavy atom. The van der Waals surface area contributed by atoms with Gasteiger partial charge in [-0.2, -0.15) is 0 Å². The zero-order valence-electron chi connectivity index (χ0n) is 16.0. The Bertz CT molecular complexity index is 827. The summed E-state index contributed by atoms with van der Waals surface area (Å²) in [6.07, 6.45) is 1.80. The molecule has 1 aromatic rings. The molecule has 3 N–H and O–H groups in total. The van der Waals surface area contributed by atoms with Crippen LogP contribution in [0.5, 0.6) is 0 Å². The third kappa shape index (κ3) is 4.39. The van der Waals surface area contributed by atoms with Crippen LogP contribution in [0.4, 0.5) is 0 Å². The monoisotopic (exact) mass is 397 g/mol. The number of aliphatic hydroxyl groups excluding tert-OH is 1. The van der Waals surface area contributed by atoms with Crippen molar-refractivity contribution in [2.75, 3.05) is 13.2 Å². The SMILES string of the molecule is CC(C)=CCNCc1cn([C@@H]2O[C@H](CO)C3OC(C)(C)OC32)c(=S)[nH]c1=O. The number of ether oxygens (including phenoxy) is 3. The minimum absolute atomic E-state index is 0.190. The molecule has 0 aromatic carbocycles. The first-order valence-corrected chi connectivity index (χ1v) is 9.43. The number of nitrogens with zero attached hydrogens (tertiary/aromatic N) is 1. The summed E-state index contributed by atoms with van der Waals surface area (Å²) in [4.78, 5) is 15.0. The minimum atomic E-state index is -0.774. The first-order chi connectivity index (χ1) is 12.7. The molecule has 0 saturated carbocycles. The van der Waals surface area contributed by atoms with Crippen molar-refractivity contribution in [2.45, 2.75) is 64.6 Å². The van der Waals surface area contributed by atoms with Gasteiger partial charge in [-0.15, -0.1) is 0 Å². The summed E-state index contributed by atoms with van der Waals surface area (Å²) in [6, 6.07) is 0. The normalized spacial score (nSPS) is 28.9. The molecule has 0 radical (unpaired) electrons. The van der Waals surface area contributed by atoms with Crippen molar-refractivity contribution < 1.29 is 19.3 Å².